The average Bonchev–Trinajstić information content (AvgIpc) is 2.51. The van der Waals surface area contributed by atoms with Gasteiger partial charge in [-0.15, -0.1) is 0 Å². The Morgan fingerprint density at radius 1 is 1.06 bits per heavy atom. The van der Waals surface area contributed by atoms with Crippen LogP contribution in [0.1, 0.15) is 29.4 Å². The highest BCUT2D eigenvalue weighted by atomic mass is 14.5. The van der Waals surface area contributed by atoms with E-state index in [4.69, 9.17) is 5.26 Å². The Hall–Kier alpha value is -1.81. The molecule has 1 heteroatoms. The maximum atomic E-state index is 9.12. The summed E-state index contributed by atoms with van der Waals surface area (Å²) in [6.45, 7) is 0. The Kier molecular flexibility index (Phi) is 1.38. The van der Waals surface area contributed by atoms with Crippen LogP contribution < -0.4 is 0 Å². The fourth-order valence-corrected chi connectivity index (χ4v) is 3.52. The van der Waals surface area contributed by atoms with Crippen molar-refractivity contribution in [2.75, 3.05) is 0 Å². The Morgan fingerprint density at radius 3 is 2.56 bits per heavy atom. The molecule has 2 aromatic rings. The summed E-state index contributed by atoms with van der Waals surface area (Å²) in [7, 11) is 0. The fraction of sp³-hybridized carbons (Fsp3) is 0.267. The molecule has 0 bridgehead atoms. The lowest BCUT2D eigenvalue weighted by atomic mass is 9.64. The van der Waals surface area contributed by atoms with Crippen molar-refractivity contribution in [1.29, 1.82) is 5.26 Å². The summed E-state index contributed by atoms with van der Waals surface area (Å²) in [6, 6.07) is 15.5. The van der Waals surface area contributed by atoms with Crippen LogP contribution in [0.3, 0.4) is 0 Å². The lowest BCUT2D eigenvalue weighted by Crippen LogP contribution is -2.28. The highest BCUT2D eigenvalue weighted by Crippen LogP contribution is 2.60. The van der Waals surface area contributed by atoms with Gasteiger partial charge in [-0.25, -0.2) is 0 Å². The molecule has 0 radical (unpaired) electrons. The van der Waals surface area contributed by atoms with Crippen molar-refractivity contribution in [3.8, 4) is 6.07 Å². The third-order valence-corrected chi connectivity index (χ3v) is 4.27. The van der Waals surface area contributed by atoms with Crippen LogP contribution in [0, 0.1) is 17.2 Å². The van der Waals surface area contributed by atoms with E-state index in [1.807, 2.05) is 0 Å². The van der Waals surface area contributed by atoms with Crippen LogP contribution in [0.25, 0.3) is 10.8 Å². The van der Waals surface area contributed by atoms with E-state index >= 15 is 0 Å². The molecular weight excluding hydrogens is 194 g/mol. The van der Waals surface area contributed by atoms with E-state index in [-0.39, 0.29) is 5.92 Å². The second-order valence-electron chi connectivity index (χ2n) is 4.90. The topological polar surface area (TPSA) is 23.8 Å². The second kappa shape index (κ2) is 2.65. The van der Waals surface area contributed by atoms with Crippen molar-refractivity contribution < 1.29 is 0 Å². The molecule has 0 heterocycles. The Labute approximate surface area is 94.3 Å². The molecule has 0 aliphatic heterocycles. The van der Waals surface area contributed by atoms with Gasteiger partial charge in [-0.2, -0.15) is 5.26 Å². The van der Waals surface area contributed by atoms with Crippen LogP contribution in [-0.4, -0.2) is 0 Å². The summed E-state index contributed by atoms with van der Waals surface area (Å²) in [6.07, 6.45) is 1.05. The first kappa shape index (κ1) is 8.35. The first-order chi connectivity index (χ1) is 7.90. The van der Waals surface area contributed by atoms with Gasteiger partial charge in [0.25, 0.3) is 0 Å². The summed E-state index contributed by atoms with van der Waals surface area (Å²) < 4.78 is 0. The van der Waals surface area contributed by atoms with Crippen molar-refractivity contribution in [3.05, 3.63) is 47.5 Å². The molecule has 16 heavy (non-hydrogen) atoms. The fourth-order valence-electron chi connectivity index (χ4n) is 3.52. The molecule has 4 rings (SSSR count). The van der Waals surface area contributed by atoms with Gasteiger partial charge in [0.2, 0.25) is 0 Å². The minimum atomic E-state index is 0.239. The number of benzene rings is 2. The molecule has 2 aliphatic rings. The zero-order chi connectivity index (χ0) is 10.7. The minimum Gasteiger partial charge on any atom is -0.198 e. The third-order valence-electron chi connectivity index (χ3n) is 4.27. The van der Waals surface area contributed by atoms with E-state index in [0.717, 1.165) is 6.42 Å². The molecule has 3 atom stereocenters. The largest absolute Gasteiger partial charge is 0.198 e. The predicted molar refractivity (Wildman–Crippen MR) is 63.2 cm³/mol. The van der Waals surface area contributed by atoms with Gasteiger partial charge < -0.3 is 0 Å². The van der Waals surface area contributed by atoms with E-state index in [1.54, 1.807) is 0 Å². The molecule has 1 fully saturated rings. The van der Waals surface area contributed by atoms with Crippen molar-refractivity contribution in [2.24, 2.45) is 5.92 Å². The van der Waals surface area contributed by atoms with E-state index < -0.39 is 0 Å². The summed E-state index contributed by atoms with van der Waals surface area (Å²) in [5, 5.41) is 11.9. The molecular formula is C15H11N. The van der Waals surface area contributed by atoms with Crippen molar-refractivity contribution in [3.63, 3.8) is 0 Å². The second-order valence-corrected chi connectivity index (χ2v) is 4.90. The Bertz CT molecular complexity index is 630. The standard InChI is InChI=1S/C15H11N/c16-8-10-7-13-11-5-1-3-9-4-2-6-12(14(9)11)15(10)13/h1-6,10,13,15H,7H2/t10-,13-,15+/m0/s1. The molecule has 1 nitrogen and oxygen atoms in total. The number of fused-ring (bicyclic) bond motifs is 3. The van der Waals surface area contributed by atoms with Gasteiger partial charge in [-0.1, -0.05) is 36.4 Å². The van der Waals surface area contributed by atoms with Crippen molar-refractivity contribution in [1.82, 2.24) is 0 Å². The molecule has 2 aliphatic carbocycles. The molecule has 76 valence electrons. The third kappa shape index (κ3) is 0.782. The van der Waals surface area contributed by atoms with Crippen molar-refractivity contribution in [2.45, 2.75) is 18.3 Å². The maximum absolute atomic E-state index is 9.12. The van der Waals surface area contributed by atoms with Gasteiger partial charge in [0.05, 0.1) is 12.0 Å². The van der Waals surface area contributed by atoms with Gasteiger partial charge in [0.1, 0.15) is 0 Å². The minimum absolute atomic E-state index is 0.239. The normalized spacial score (nSPS) is 29.6. The van der Waals surface area contributed by atoms with Crippen LogP contribution in [-0.2, 0) is 0 Å². The summed E-state index contributed by atoms with van der Waals surface area (Å²) >= 11 is 0. The van der Waals surface area contributed by atoms with Gasteiger partial charge in [-0.3, -0.25) is 0 Å². The predicted octanol–water partition coefficient (Wildman–Crippen LogP) is 3.56. The summed E-state index contributed by atoms with van der Waals surface area (Å²) in [5.74, 6) is 1.33. The highest BCUT2D eigenvalue weighted by molar-refractivity contribution is 5.93. The maximum Gasteiger partial charge on any atom is 0.0662 e. The number of hydrogen-bond acceptors (Lipinski definition) is 1. The van der Waals surface area contributed by atoms with Gasteiger partial charge in [0.15, 0.2) is 0 Å². The SMILES string of the molecule is N#C[C@@H]1C[C@H]2c3cccc4cccc(c34)[C@@H]12. The number of nitriles is 1. The van der Waals surface area contributed by atoms with E-state index in [9.17, 15) is 0 Å². The Morgan fingerprint density at radius 2 is 1.81 bits per heavy atom. The van der Waals surface area contributed by atoms with E-state index in [1.165, 1.54) is 21.9 Å². The van der Waals surface area contributed by atoms with Gasteiger partial charge in [0, 0.05) is 5.92 Å². The first-order valence-corrected chi connectivity index (χ1v) is 5.81. The lowest BCUT2D eigenvalue weighted by Gasteiger charge is -2.37. The zero-order valence-corrected chi connectivity index (χ0v) is 8.85. The van der Waals surface area contributed by atoms with E-state index in [2.05, 4.69) is 42.5 Å². The Balaban J connectivity index is 2.07. The molecule has 0 aromatic heterocycles. The molecule has 0 unspecified atom stereocenters. The molecule has 0 saturated heterocycles. The summed E-state index contributed by atoms with van der Waals surface area (Å²) in [4.78, 5) is 0. The number of rotatable bonds is 0. The highest BCUT2D eigenvalue weighted by Gasteiger charge is 2.48. The first-order valence-electron chi connectivity index (χ1n) is 5.81. The van der Waals surface area contributed by atoms with Crippen LogP contribution >= 0.6 is 0 Å². The van der Waals surface area contributed by atoms with Crippen LogP contribution in [0.2, 0.25) is 0 Å². The average molecular weight is 205 g/mol. The van der Waals surface area contributed by atoms with Crippen LogP contribution in [0.15, 0.2) is 36.4 Å². The monoisotopic (exact) mass is 205 g/mol. The molecule has 0 spiro atoms. The van der Waals surface area contributed by atoms with Gasteiger partial charge >= 0.3 is 0 Å². The van der Waals surface area contributed by atoms with Crippen LogP contribution in [0.5, 0.6) is 0 Å². The molecule has 2 aromatic carbocycles. The molecule has 0 N–H and O–H groups in total. The number of hydrogen-bond donors (Lipinski definition) is 0. The number of nitrogens with zero attached hydrogens (tertiary/aromatic N) is 1. The van der Waals surface area contributed by atoms with Crippen molar-refractivity contribution >= 4 is 10.8 Å². The zero-order valence-electron chi connectivity index (χ0n) is 8.85. The van der Waals surface area contributed by atoms with E-state index in [0.29, 0.717) is 11.8 Å². The lowest BCUT2D eigenvalue weighted by molar-refractivity contribution is 0.279. The molecule has 0 amide bonds. The smallest absolute Gasteiger partial charge is 0.0662 e. The van der Waals surface area contributed by atoms with Crippen LogP contribution in [0.4, 0.5) is 0 Å². The summed E-state index contributed by atoms with van der Waals surface area (Å²) in [5.41, 5.74) is 2.89. The molecule has 1 saturated carbocycles. The quantitative estimate of drug-likeness (QED) is 0.645. The van der Waals surface area contributed by atoms with Gasteiger partial charge in [-0.05, 0) is 34.2 Å².